The molecule has 2 aliphatic heterocycles. The number of hydrogen-bond acceptors (Lipinski definition) is 9. The van der Waals surface area contributed by atoms with Crippen LogP contribution in [0.15, 0.2) is 58.5 Å². The first kappa shape index (κ1) is 20.1. The molecule has 0 aromatic heterocycles. The van der Waals surface area contributed by atoms with E-state index in [2.05, 4.69) is 5.59 Å². The number of ether oxygens (including phenoxy) is 2. The molecule has 1 aliphatic carbocycles. The van der Waals surface area contributed by atoms with E-state index >= 15 is 0 Å². The largest absolute Gasteiger partial charge is 0.442 e. The third kappa shape index (κ3) is 3.51. The average Bonchev–Trinajstić information content (AvgIpc) is 2.87. The van der Waals surface area contributed by atoms with Gasteiger partial charge >= 0.3 is 0 Å². The number of benzene rings is 3. The molecule has 5 N–H and O–H groups in total. The maximum Gasteiger partial charge on any atom is 0.227 e. The molecule has 0 amide bonds. The lowest BCUT2D eigenvalue weighted by molar-refractivity contribution is 0.0221. The van der Waals surface area contributed by atoms with Gasteiger partial charge in [-0.25, -0.2) is 21.7 Å². The van der Waals surface area contributed by atoms with Crippen molar-refractivity contribution in [2.45, 2.75) is 31.8 Å². The minimum atomic E-state index is 0.120. The smallest absolute Gasteiger partial charge is 0.227 e. The number of nitrogens with two attached hydrogens (primary N) is 2. The second-order valence-electron chi connectivity index (χ2n) is 8.34. The van der Waals surface area contributed by atoms with E-state index < -0.39 is 0 Å². The number of aliphatic imine (C=N–C) groups is 2. The molecule has 1 saturated carbocycles. The fourth-order valence-electron chi connectivity index (χ4n) is 4.72. The van der Waals surface area contributed by atoms with Crippen LogP contribution in [0.1, 0.15) is 31.2 Å². The zero-order valence-corrected chi connectivity index (χ0v) is 17.8. The van der Waals surface area contributed by atoms with Crippen LogP contribution in [0.3, 0.4) is 0 Å². The first-order chi connectivity index (χ1) is 16.2. The number of nitrogens with zero attached hydrogens (tertiary/aromatic N) is 2. The molecule has 3 aromatic rings. The van der Waals surface area contributed by atoms with Gasteiger partial charge < -0.3 is 19.1 Å². The van der Waals surface area contributed by atoms with Crippen molar-refractivity contribution >= 4 is 33.9 Å². The highest BCUT2D eigenvalue weighted by atomic mass is 16.7. The lowest BCUT2D eigenvalue weighted by Crippen LogP contribution is -2.30. The molecule has 3 aromatic carbocycles. The van der Waals surface area contributed by atoms with Gasteiger partial charge in [-0.1, -0.05) is 5.59 Å². The molecule has 9 heteroatoms. The molecule has 0 atom stereocenters. The summed E-state index contributed by atoms with van der Waals surface area (Å²) in [5, 5.41) is 1.83. The van der Waals surface area contributed by atoms with Crippen LogP contribution in [-0.2, 0) is 4.84 Å². The van der Waals surface area contributed by atoms with E-state index in [0.29, 0.717) is 11.6 Å². The van der Waals surface area contributed by atoms with Gasteiger partial charge in [-0.3, -0.25) is 0 Å². The summed E-state index contributed by atoms with van der Waals surface area (Å²) in [4.78, 5) is 19.7. The fourth-order valence-corrected chi connectivity index (χ4v) is 4.72. The van der Waals surface area contributed by atoms with E-state index in [1.807, 2.05) is 36.4 Å². The Morgan fingerprint density at radius 2 is 1.48 bits per heavy atom. The highest BCUT2D eigenvalue weighted by molar-refractivity contribution is 6.14. The summed E-state index contributed by atoms with van der Waals surface area (Å²) in [6.45, 7) is 0. The Kier molecular flexibility index (Phi) is 4.96. The zero-order chi connectivity index (χ0) is 22.4. The van der Waals surface area contributed by atoms with E-state index in [0.717, 1.165) is 70.8 Å². The normalized spacial score (nSPS) is 21.0. The summed E-state index contributed by atoms with van der Waals surface area (Å²) in [7, 11) is 0. The molecule has 0 spiro atoms. The SMILES string of the molecule is NNOc1ccc(C2=Nc3ccc4c5c(ccc(c35)O2)N=C(C2CCC(ON)CC2)O4)cc1. The molecular formula is C24H23N5O4. The third-order valence-electron chi connectivity index (χ3n) is 6.41. The van der Waals surface area contributed by atoms with E-state index in [-0.39, 0.29) is 12.0 Å². The van der Waals surface area contributed by atoms with Gasteiger partial charge in [0.25, 0.3) is 0 Å². The summed E-state index contributed by atoms with van der Waals surface area (Å²) in [6, 6.07) is 15.2. The van der Waals surface area contributed by atoms with Crippen LogP contribution >= 0.6 is 0 Å². The summed E-state index contributed by atoms with van der Waals surface area (Å²) in [6.07, 6.45) is 3.82. The van der Waals surface area contributed by atoms with Crippen molar-refractivity contribution < 1.29 is 19.1 Å². The molecule has 33 heavy (non-hydrogen) atoms. The number of nitrogens with one attached hydrogen (secondary N) is 1. The summed E-state index contributed by atoms with van der Waals surface area (Å²) < 4.78 is 12.5. The van der Waals surface area contributed by atoms with Crippen LogP contribution in [-0.4, -0.2) is 17.9 Å². The van der Waals surface area contributed by atoms with Crippen molar-refractivity contribution in [1.29, 1.82) is 0 Å². The highest BCUT2D eigenvalue weighted by Crippen LogP contribution is 2.49. The summed E-state index contributed by atoms with van der Waals surface area (Å²) in [5.41, 5.74) is 4.69. The van der Waals surface area contributed by atoms with Crippen molar-refractivity contribution in [3.63, 3.8) is 0 Å². The number of rotatable bonds is 5. The lowest BCUT2D eigenvalue weighted by atomic mass is 9.87. The molecule has 2 heterocycles. The number of hydrogen-bond donors (Lipinski definition) is 3. The molecular weight excluding hydrogens is 422 g/mol. The van der Waals surface area contributed by atoms with Crippen LogP contribution in [0.5, 0.6) is 17.2 Å². The van der Waals surface area contributed by atoms with Gasteiger partial charge in [0.1, 0.15) is 17.2 Å². The number of hydrazine groups is 1. The van der Waals surface area contributed by atoms with Crippen molar-refractivity contribution in [1.82, 2.24) is 5.59 Å². The first-order valence-corrected chi connectivity index (χ1v) is 10.9. The van der Waals surface area contributed by atoms with Gasteiger partial charge in [0.2, 0.25) is 5.90 Å². The van der Waals surface area contributed by atoms with Crippen LogP contribution < -0.4 is 31.6 Å². The molecule has 0 saturated heterocycles. The van der Waals surface area contributed by atoms with E-state index in [9.17, 15) is 0 Å². The monoisotopic (exact) mass is 445 g/mol. The van der Waals surface area contributed by atoms with Crippen LogP contribution in [0.2, 0.25) is 0 Å². The first-order valence-electron chi connectivity index (χ1n) is 10.9. The molecule has 0 unspecified atom stereocenters. The van der Waals surface area contributed by atoms with Crippen LogP contribution in [0.25, 0.3) is 10.8 Å². The zero-order valence-electron chi connectivity index (χ0n) is 17.8. The minimum Gasteiger partial charge on any atom is -0.442 e. The van der Waals surface area contributed by atoms with Gasteiger partial charge in [-0.05, 0) is 74.2 Å². The second kappa shape index (κ2) is 8.13. The predicted octanol–water partition coefficient (Wildman–Crippen LogP) is 3.94. The molecule has 0 bridgehead atoms. The molecule has 6 rings (SSSR count). The van der Waals surface area contributed by atoms with Crippen LogP contribution in [0.4, 0.5) is 11.4 Å². The van der Waals surface area contributed by atoms with E-state index in [4.69, 9.17) is 40.9 Å². The summed E-state index contributed by atoms with van der Waals surface area (Å²) in [5.74, 6) is 14.2. The predicted molar refractivity (Wildman–Crippen MR) is 124 cm³/mol. The van der Waals surface area contributed by atoms with Gasteiger partial charge in [-0.15, -0.1) is 0 Å². The second-order valence-corrected chi connectivity index (χ2v) is 8.34. The molecule has 168 valence electrons. The highest BCUT2D eigenvalue weighted by Gasteiger charge is 2.31. The van der Waals surface area contributed by atoms with Gasteiger partial charge in [0.15, 0.2) is 5.90 Å². The van der Waals surface area contributed by atoms with Crippen molar-refractivity contribution in [3.8, 4) is 17.2 Å². The topological polar surface area (TPSA) is 126 Å². The molecule has 3 aliphatic rings. The van der Waals surface area contributed by atoms with Crippen LogP contribution in [0, 0.1) is 5.92 Å². The Morgan fingerprint density at radius 3 is 2.15 bits per heavy atom. The maximum atomic E-state index is 6.28. The van der Waals surface area contributed by atoms with Gasteiger partial charge in [-0.2, -0.15) is 0 Å². The lowest BCUT2D eigenvalue weighted by Gasteiger charge is -2.30. The third-order valence-corrected chi connectivity index (χ3v) is 6.41. The Morgan fingerprint density at radius 1 is 0.818 bits per heavy atom. The quantitative estimate of drug-likeness (QED) is 0.401. The molecule has 1 fully saturated rings. The maximum absolute atomic E-state index is 6.28. The average molecular weight is 445 g/mol. The molecule has 0 radical (unpaired) electrons. The minimum absolute atomic E-state index is 0.120. The van der Waals surface area contributed by atoms with Gasteiger partial charge in [0, 0.05) is 11.5 Å². The Labute approximate surface area is 189 Å². The fraction of sp³-hybridized carbons (Fsp3) is 0.250. The summed E-state index contributed by atoms with van der Waals surface area (Å²) >= 11 is 0. The van der Waals surface area contributed by atoms with Gasteiger partial charge in [0.05, 0.1) is 28.3 Å². The Hall–Kier alpha value is -3.50. The standard InChI is InChI=1S/C24H23N5O4/c25-29-33-16-7-3-14(4-8-16)24-28-18-10-11-19-21-17(9-12-20(31-24)22(18)21)27-23(30-19)13-1-5-15(32-26)6-2-13/h3-4,7-13,15,29H,1-2,5-6,25-26H2. The molecule has 9 nitrogen and oxygen atoms in total. The van der Waals surface area contributed by atoms with Crippen molar-refractivity contribution in [2.75, 3.05) is 0 Å². The van der Waals surface area contributed by atoms with Crippen molar-refractivity contribution in [3.05, 3.63) is 54.1 Å². The van der Waals surface area contributed by atoms with Crippen molar-refractivity contribution in [2.24, 2.45) is 27.6 Å². The van der Waals surface area contributed by atoms with E-state index in [1.54, 1.807) is 12.1 Å². The Balaban J connectivity index is 1.35. The Bertz CT molecular complexity index is 1280. The van der Waals surface area contributed by atoms with E-state index in [1.165, 1.54) is 0 Å².